The lowest BCUT2D eigenvalue weighted by Gasteiger charge is -2.22. The SMILES string of the molecule is CC1NC(=O)NN=C1c1ccccc1OCc1ccccc1. The molecule has 1 aliphatic heterocycles. The van der Waals surface area contributed by atoms with Gasteiger partial charge in [0.1, 0.15) is 12.4 Å². The lowest BCUT2D eigenvalue weighted by atomic mass is 10.0. The lowest BCUT2D eigenvalue weighted by Crippen LogP contribution is -2.48. The van der Waals surface area contributed by atoms with E-state index in [0.29, 0.717) is 6.61 Å². The molecule has 22 heavy (non-hydrogen) atoms. The Bertz CT molecular complexity index is 698. The van der Waals surface area contributed by atoms with Gasteiger partial charge in [0, 0.05) is 5.56 Å². The third-order valence-electron chi connectivity index (χ3n) is 3.44. The van der Waals surface area contributed by atoms with Gasteiger partial charge in [0.25, 0.3) is 0 Å². The number of hydrazone groups is 1. The molecule has 0 saturated heterocycles. The molecule has 5 nitrogen and oxygen atoms in total. The Morgan fingerprint density at radius 3 is 2.59 bits per heavy atom. The maximum absolute atomic E-state index is 11.3. The molecular weight excluding hydrogens is 278 g/mol. The number of amides is 2. The van der Waals surface area contributed by atoms with Crippen LogP contribution >= 0.6 is 0 Å². The van der Waals surface area contributed by atoms with E-state index in [2.05, 4.69) is 15.8 Å². The molecule has 112 valence electrons. The van der Waals surface area contributed by atoms with Crippen LogP contribution in [-0.2, 0) is 6.61 Å². The first-order chi connectivity index (χ1) is 10.7. The maximum atomic E-state index is 11.3. The van der Waals surface area contributed by atoms with Crippen molar-refractivity contribution in [3.63, 3.8) is 0 Å². The number of urea groups is 1. The van der Waals surface area contributed by atoms with Crippen molar-refractivity contribution in [3.8, 4) is 5.75 Å². The predicted molar refractivity (Wildman–Crippen MR) is 84.9 cm³/mol. The summed E-state index contributed by atoms with van der Waals surface area (Å²) < 4.78 is 5.93. The van der Waals surface area contributed by atoms with E-state index in [1.54, 1.807) is 0 Å². The van der Waals surface area contributed by atoms with E-state index in [0.717, 1.165) is 22.6 Å². The largest absolute Gasteiger partial charge is 0.488 e. The zero-order valence-corrected chi connectivity index (χ0v) is 12.2. The Kier molecular flexibility index (Phi) is 4.05. The molecule has 0 fully saturated rings. The Balaban J connectivity index is 1.82. The van der Waals surface area contributed by atoms with E-state index in [-0.39, 0.29) is 12.1 Å². The quantitative estimate of drug-likeness (QED) is 0.911. The van der Waals surface area contributed by atoms with E-state index in [9.17, 15) is 4.79 Å². The lowest BCUT2D eigenvalue weighted by molar-refractivity contribution is 0.238. The van der Waals surface area contributed by atoms with Crippen molar-refractivity contribution in [2.24, 2.45) is 5.10 Å². The van der Waals surface area contributed by atoms with E-state index < -0.39 is 0 Å². The van der Waals surface area contributed by atoms with Gasteiger partial charge < -0.3 is 10.1 Å². The summed E-state index contributed by atoms with van der Waals surface area (Å²) in [4.78, 5) is 11.3. The Hall–Kier alpha value is -2.82. The number of carbonyl (C=O) groups is 1. The molecule has 0 spiro atoms. The first-order valence-electron chi connectivity index (χ1n) is 7.14. The Labute approximate surface area is 129 Å². The van der Waals surface area contributed by atoms with Crippen LogP contribution in [0, 0.1) is 0 Å². The second-order valence-corrected chi connectivity index (χ2v) is 5.07. The molecule has 5 heteroatoms. The highest BCUT2D eigenvalue weighted by Crippen LogP contribution is 2.22. The van der Waals surface area contributed by atoms with Crippen molar-refractivity contribution in [2.45, 2.75) is 19.6 Å². The minimum atomic E-state index is -0.293. The fourth-order valence-electron chi connectivity index (χ4n) is 2.34. The van der Waals surface area contributed by atoms with Gasteiger partial charge in [0.15, 0.2) is 0 Å². The van der Waals surface area contributed by atoms with Gasteiger partial charge in [-0.3, -0.25) is 0 Å². The van der Waals surface area contributed by atoms with Crippen LogP contribution in [0.4, 0.5) is 4.79 Å². The average Bonchev–Trinajstić information content (AvgIpc) is 2.54. The molecule has 1 atom stereocenters. The number of hydrogen-bond acceptors (Lipinski definition) is 3. The number of rotatable bonds is 4. The number of carbonyl (C=O) groups excluding carboxylic acids is 1. The number of nitrogens with one attached hydrogen (secondary N) is 2. The van der Waals surface area contributed by atoms with Gasteiger partial charge in [0.2, 0.25) is 0 Å². The summed E-state index contributed by atoms with van der Waals surface area (Å²) >= 11 is 0. The number of ether oxygens (including phenoxy) is 1. The first kappa shape index (κ1) is 14.1. The van der Waals surface area contributed by atoms with Crippen LogP contribution in [0.3, 0.4) is 0 Å². The highest BCUT2D eigenvalue weighted by atomic mass is 16.5. The first-order valence-corrected chi connectivity index (χ1v) is 7.14. The fraction of sp³-hybridized carbons (Fsp3) is 0.176. The summed E-state index contributed by atoms with van der Waals surface area (Å²) in [5, 5.41) is 6.94. The van der Waals surface area contributed by atoms with Crippen molar-refractivity contribution in [3.05, 3.63) is 65.7 Å². The molecule has 1 unspecified atom stereocenters. The number of nitrogens with zero attached hydrogens (tertiary/aromatic N) is 1. The third-order valence-corrected chi connectivity index (χ3v) is 3.44. The third kappa shape index (κ3) is 3.09. The summed E-state index contributed by atoms with van der Waals surface area (Å²) in [5.74, 6) is 0.745. The molecule has 2 N–H and O–H groups in total. The van der Waals surface area contributed by atoms with E-state index >= 15 is 0 Å². The molecule has 1 aliphatic rings. The zero-order valence-electron chi connectivity index (χ0n) is 12.2. The van der Waals surface area contributed by atoms with Crippen LogP contribution in [0.15, 0.2) is 59.7 Å². The van der Waals surface area contributed by atoms with Crippen LogP contribution in [0.5, 0.6) is 5.75 Å². The molecule has 3 rings (SSSR count). The number of hydrogen-bond donors (Lipinski definition) is 2. The minimum Gasteiger partial charge on any atom is -0.488 e. The van der Waals surface area contributed by atoms with Gasteiger partial charge in [0.05, 0.1) is 11.8 Å². The molecule has 0 radical (unpaired) electrons. The van der Waals surface area contributed by atoms with Crippen LogP contribution in [-0.4, -0.2) is 17.8 Å². The molecule has 2 aromatic carbocycles. The average molecular weight is 295 g/mol. The predicted octanol–water partition coefficient (Wildman–Crippen LogP) is 2.67. The molecular formula is C17H17N3O2. The van der Waals surface area contributed by atoms with E-state index in [4.69, 9.17) is 4.74 Å². The summed E-state index contributed by atoms with van der Waals surface area (Å²) in [7, 11) is 0. The van der Waals surface area contributed by atoms with Gasteiger partial charge in [-0.05, 0) is 24.6 Å². The molecule has 2 amide bonds. The second-order valence-electron chi connectivity index (χ2n) is 5.07. The highest BCUT2D eigenvalue weighted by molar-refractivity contribution is 6.09. The molecule has 1 heterocycles. The molecule has 0 aromatic heterocycles. The Morgan fingerprint density at radius 2 is 1.82 bits per heavy atom. The van der Waals surface area contributed by atoms with Gasteiger partial charge in [-0.15, -0.1) is 0 Å². The van der Waals surface area contributed by atoms with Gasteiger partial charge in [-0.2, -0.15) is 5.10 Å². The fourth-order valence-corrected chi connectivity index (χ4v) is 2.34. The van der Waals surface area contributed by atoms with Crippen LogP contribution in [0.2, 0.25) is 0 Å². The van der Waals surface area contributed by atoms with E-state index in [1.807, 2.05) is 61.5 Å². The van der Waals surface area contributed by atoms with Gasteiger partial charge >= 0.3 is 6.03 Å². The molecule has 0 saturated carbocycles. The van der Waals surface area contributed by atoms with E-state index in [1.165, 1.54) is 0 Å². The monoisotopic (exact) mass is 295 g/mol. The normalized spacial score (nSPS) is 17.2. The molecule has 0 bridgehead atoms. The van der Waals surface area contributed by atoms with Crippen molar-refractivity contribution < 1.29 is 9.53 Å². The van der Waals surface area contributed by atoms with Crippen molar-refractivity contribution in [2.75, 3.05) is 0 Å². The van der Waals surface area contributed by atoms with Crippen LogP contribution in [0.1, 0.15) is 18.1 Å². The topological polar surface area (TPSA) is 62.7 Å². The number of benzene rings is 2. The summed E-state index contributed by atoms with van der Waals surface area (Å²) in [6.45, 7) is 2.38. The smallest absolute Gasteiger partial charge is 0.335 e. The van der Waals surface area contributed by atoms with Gasteiger partial charge in [-0.1, -0.05) is 42.5 Å². The zero-order chi connectivity index (χ0) is 15.4. The maximum Gasteiger partial charge on any atom is 0.335 e. The van der Waals surface area contributed by atoms with Crippen LogP contribution < -0.4 is 15.5 Å². The highest BCUT2D eigenvalue weighted by Gasteiger charge is 2.22. The molecule has 0 aliphatic carbocycles. The summed E-state index contributed by atoms with van der Waals surface area (Å²) in [6.07, 6.45) is 0. The van der Waals surface area contributed by atoms with Crippen molar-refractivity contribution >= 4 is 11.7 Å². The minimum absolute atomic E-state index is 0.171. The van der Waals surface area contributed by atoms with Gasteiger partial charge in [-0.25, -0.2) is 10.2 Å². The standard InChI is InChI=1S/C17H17N3O2/c1-12-16(19-20-17(21)18-12)14-9-5-6-10-15(14)22-11-13-7-3-2-4-8-13/h2-10,12H,11H2,1H3,(H2,18,20,21). The second kappa shape index (κ2) is 6.30. The number of para-hydroxylation sites is 1. The summed E-state index contributed by atoms with van der Waals surface area (Å²) in [5.41, 5.74) is 5.17. The van der Waals surface area contributed by atoms with Crippen molar-refractivity contribution in [1.82, 2.24) is 10.7 Å². The molecule has 2 aromatic rings. The summed E-state index contributed by atoms with van der Waals surface area (Å²) in [6, 6.07) is 17.2. The van der Waals surface area contributed by atoms with Crippen molar-refractivity contribution in [1.29, 1.82) is 0 Å². The Morgan fingerprint density at radius 1 is 1.09 bits per heavy atom. The van der Waals surface area contributed by atoms with Crippen LogP contribution in [0.25, 0.3) is 0 Å².